The summed E-state index contributed by atoms with van der Waals surface area (Å²) in [4.78, 5) is 13.8. The minimum absolute atomic E-state index is 0. The number of benzene rings is 2. The van der Waals surface area contributed by atoms with Gasteiger partial charge >= 0.3 is 0 Å². The molecule has 9 heteroatoms. The molecule has 1 aliphatic rings. The van der Waals surface area contributed by atoms with Crippen molar-refractivity contribution < 1.29 is 17.6 Å². The minimum atomic E-state index is -4.15. The van der Waals surface area contributed by atoms with Crippen LogP contribution in [0.5, 0.6) is 0 Å². The molecule has 152 valence electrons. The van der Waals surface area contributed by atoms with Crippen molar-refractivity contribution in [1.82, 2.24) is 9.62 Å². The maximum Gasteiger partial charge on any atom is 0.244 e. The summed E-state index contributed by atoms with van der Waals surface area (Å²) in [5, 5.41) is 0. The van der Waals surface area contributed by atoms with Crippen LogP contribution in [0.15, 0.2) is 59.5 Å². The van der Waals surface area contributed by atoms with Crippen LogP contribution < -0.4 is 10.5 Å². The number of likely N-dealkylation sites (tertiary alicyclic amines) is 1. The predicted molar refractivity (Wildman–Crippen MR) is 107 cm³/mol. The Morgan fingerprint density at radius 3 is 2.39 bits per heavy atom. The Morgan fingerprint density at radius 1 is 1.14 bits per heavy atom. The van der Waals surface area contributed by atoms with Gasteiger partial charge in [-0.2, -0.15) is 4.72 Å². The summed E-state index contributed by atoms with van der Waals surface area (Å²) in [5.74, 6) is -1.26. The van der Waals surface area contributed by atoms with Gasteiger partial charge in [0.05, 0.1) is 6.04 Å². The van der Waals surface area contributed by atoms with Crippen LogP contribution in [0.3, 0.4) is 0 Å². The summed E-state index contributed by atoms with van der Waals surface area (Å²) in [6.45, 7) is 2.20. The number of halogens is 2. The molecule has 1 heterocycles. The molecule has 1 unspecified atom stereocenters. The first-order valence-electron chi connectivity index (χ1n) is 8.66. The van der Waals surface area contributed by atoms with E-state index >= 15 is 0 Å². The third kappa shape index (κ3) is 4.70. The van der Waals surface area contributed by atoms with Crippen molar-refractivity contribution in [1.29, 1.82) is 0 Å². The van der Waals surface area contributed by atoms with Crippen LogP contribution >= 0.6 is 12.4 Å². The normalized spacial score (nSPS) is 20.5. The fourth-order valence-electron chi connectivity index (χ4n) is 3.35. The number of carbonyl (C=O) groups excluding carboxylic acids is 1. The van der Waals surface area contributed by atoms with Gasteiger partial charge in [-0.15, -0.1) is 12.4 Å². The van der Waals surface area contributed by atoms with E-state index in [1.165, 1.54) is 19.1 Å². The number of amides is 1. The van der Waals surface area contributed by atoms with Crippen molar-refractivity contribution in [3.63, 3.8) is 0 Å². The first-order valence-corrected chi connectivity index (χ1v) is 10.1. The Labute approximate surface area is 170 Å². The molecule has 3 N–H and O–H groups in total. The summed E-state index contributed by atoms with van der Waals surface area (Å²) in [6, 6.07) is 13.4. The number of rotatable bonds is 5. The number of carbonyl (C=O) groups is 1. The lowest BCUT2D eigenvalue weighted by Gasteiger charge is -2.22. The molecular formula is C19H23ClFN3O3S. The summed E-state index contributed by atoms with van der Waals surface area (Å²) in [7, 11) is -4.15. The van der Waals surface area contributed by atoms with Gasteiger partial charge < -0.3 is 10.6 Å². The number of hydrogen-bond acceptors (Lipinski definition) is 4. The second-order valence-corrected chi connectivity index (χ2v) is 8.38. The van der Waals surface area contributed by atoms with E-state index in [0.29, 0.717) is 13.1 Å². The monoisotopic (exact) mass is 427 g/mol. The molecule has 0 radical (unpaired) electrons. The lowest BCUT2D eigenvalue weighted by molar-refractivity contribution is -0.131. The Kier molecular flexibility index (Phi) is 7.16. The zero-order valence-corrected chi connectivity index (χ0v) is 16.9. The second kappa shape index (κ2) is 9.00. The minimum Gasteiger partial charge on any atom is -0.339 e. The number of sulfonamides is 1. The van der Waals surface area contributed by atoms with Crippen LogP contribution in [-0.2, 0) is 14.8 Å². The maximum absolute atomic E-state index is 13.8. The Morgan fingerprint density at radius 2 is 1.75 bits per heavy atom. The molecule has 0 aromatic heterocycles. The molecule has 1 amide bonds. The van der Waals surface area contributed by atoms with Crippen molar-refractivity contribution in [3.05, 3.63) is 66.0 Å². The van der Waals surface area contributed by atoms with Gasteiger partial charge in [-0.25, -0.2) is 12.8 Å². The van der Waals surface area contributed by atoms with Crippen LogP contribution in [0, 0.1) is 5.82 Å². The zero-order valence-electron chi connectivity index (χ0n) is 15.3. The van der Waals surface area contributed by atoms with Gasteiger partial charge in [-0.05, 0) is 24.6 Å². The van der Waals surface area contributed by atoms with E-state index in [9.17, 15) is 17.6 Å². The lowest BCUT2D eigenvalue weighted by Crippen LogP contribution is -2.46. The highest BCUT2D eigenvalue weighted by atomic mass is 35.5. The van der Waals surface area contributed by atoms with Crippen molar-refractivity contribution in [2.45, 2.75) is 29.8 Å². The second-order valence-electron chi connectivity index (χ2n) is 6.70. The number of nitrogens with two attached hydrogens (primary N) is 1. The molecule has 1 saturated heterocycles. The Hall–Kier alpha value is -2.00. The van der Waals surface area contributed by atoms with Crippen molar-refractivity contribution >= 4 is 28.3 Å². The van der Waals surface area contributed by atoms with E-state index in [0.717, 1.165) is 17.7 Å². The molecular weight excluding hydrogens is 405 g/mol. The van der Waals surface area contributed by atoms with Crippen LogP contribution in [0.2, 0.25) is 0 Å². The SMILES string of the molecule is CC(NS(=O)(=O)c1ccccc1F)C(=O)N1C[C@@H](N)[C@H](c2ccccc2)C1.Cl. The molecule has 3 rings (SSSR count). The van der Waals surface area contributed by atoms with Gasteiger partial charge in [-0.3, -0.25) is 4.79 Å². The largest absolute Gasteiger partial charge is 0.339 e. The zero-order chi connectivity index (χ0) is 19.6. The van der Waals surface area contributed by atoms with E-state index in [4.69, 9.17) is 5.73 Å². The molecule has 0 spiro atoms. The van der Waals surface area contributed by atoms with E-state index in [2.05, 4.69) is 4.72 Å². The average Bonchev–Trinajstić information content (AvgIpc) is 3.03. The maximum atomic E-state index is 13.8. The first kappa shape index (κ1) is 22.3. The fraction of sp³-hybridized carbons (Fsp3) is 0.316. The topological polar surface area (TPSA) is 92.5 Å². The highest BCUT2D eigenvalue weighted by Crippen LogP contribution is 2.27. The van der Waals surface area contributed by atoms with Crippen LogP contribution in [0.1, 0.15) is 18.4 Å². The smallest absolute Gasteiger partial charge is 0.244 e. The molecule has 0 saturated carbocycles. The van der Waals surface area contributed by atoms with E-state index in [1.54, 1.807) is 4.90 Å². The van der Waals surface area contributed by atoms with E-state index < -0.39 is 26.8 Å². The Balaban J connectivity index is 0.00000280. The highest BCUT2D eigenvalue weighted by molar-refractivity contribution is 7.89. The van der Waals surface area contributed by atoms with Gasteiger partial charge in [0.1, 0.15) is 10.7 Å². The average molecular weight is 428 g/mol. The fourth-order valence-corrected chi connectivity index (χ4v) is 4.62. The van der Waals surface area contributed by atoms with Gasteiger partial charge in [0.2, 0.25) is 15.9 Å². The van der Waals surface area contributed by atoms with Crippen LogP contribution in [0.25, 0.3) is 0 Å². The summed E-state index contributed by atoms with van der Waals surface area (Å²) in [6.07, 6.45) is 0. The van der Waals surface area contributed by atoms with Gasteiger partial charge in [0, 0.05) is 25.0 Å². The molecule has 2 aromatic carbocycles. The van der Waals surface area contributed by atoms with Gasteiger partial charge in [0.25, 0.3) is 0 Å². The molecule has 6 nitrogen and oxygen atoms in total. The number of nitrogens with one attached hydrogen (secondary N) is 1. The van der Waals surface area contributed by atoms with Crippen molar-refractivity contribution in [2.75, 3.05) is 13.1 Å². The quantitative estimate of drug-likeness (QED) is 0.761. The van der Waals surface area contributed by atoms with Crippen LogP contribution in [-0.4, -0.2) is 44.4 Å². The van der Waals surface area contributed by atoms with Gasteiger partial charge in [0.15, 0.2) is 0 Å². The van der Waals surface area contributed by atoms with Crippen LogP contribution in [0.4, 0.5) is 4.39 Å². The molecule has 0 bridgehead atoms. The summed E-state index contributed by atoms with van der Waals surface area (Å²) < 4.78 is 40.8. The van der Waals surface area contributed by atoms with E-state index in [-0.39, 0.29) is 30.3 Å². The molecule has 1 aliphatic heterocycles. The highest BCUT2D eigenvalue weighted by Gasteiger charge is 2.36. The Bertz CT molecular complexity index is 927. The predicted octanol–water partition coefficient (Wildman–Crippen LogP) is 1.87. The van der Waals surface area contributed by atoms with Crippen molar-refractivity contribution in [3.8, 4) is 0 Å². The summed E-state index contributed by atoms with van der Waals surface area (Å²) in [5.41, 5.74) is 7.24. The number of nitrogens with zero attached hydrogens (tertiary/aromatic N) is 1. The van der Waals surface area contributed by atoms with E-state index in [1.807, 2.05) is 30.3 Å². The molecule has 28 heavy (non-hydrogen) atoms. The third-order valence-corrected chi connectivity index (χ3v) is 6.31. The molecule has 1 fully saturated rings. The standard InChI is InChI=1S/C19H22FN3O3S.ClH/c1-13(22-27(25,26)18-10-6-5-9-16(18)20)19(24)23-11-15(17(21)12-23)14-7-3-2-4-8-14;/h2-10,13,15,17,22H,11-12,21H2,1H3;1H/t13?,15-,17+;/m0./s1. The van der Waals surface area contributed by atoms with Gasteiger partial charge in [-0.1, -0.05) is 42.5 Å². The summed E-state index contributed by atoms with van der Waals surface area (Å²) >= 11 is 0. The molecule has 2 aromatic rings. The molecule has 3 atom stereocenters. The van der Waals surface area contributed by atoms with Crippen molar-refractivity contribution in [2.24, 2.45) is 5.73 Å². The third-order valence-electron chi connectivity index (χ3n) is 4.73. The first-order chi connectivity index (χ1) is 12.8. The number of hydrogen-bond donors (Lipinski definition) is 2. The molecule has 0 aliphatic carbocycles. The lowest BCUT2D eigenvalue weighted by atomic mass is 9.95.